The van der Waals surface area contributed by atoms with Gasteiger partial charge in [0.1, 0.15) is 0 Å². The number of carboxylic acids is 1. The van der Waals surface area contributed by atoms with E-state index >= 15 is 0 Å². The minimum Gasteiger partial charge on any atom is -0.493 e. The van der Waals surface area contributed by atoms with E-state index in [9.17, 15) is 9.90 Å². The molecular formula is C19H26O4. The highest BCUT2D eigenvalue weighted by atomic mass is 16.5. The van der Waals surface area contributed by atoms with Crippen LogP contribution in [0.5, 0.6) is 11.5 Å². The summed E-state index contributed by atoms with van der Waals surface area (Å²) in [5, 5.41) is 9.99. The van der Waals surface area contributed by atoms with Gasteiger partial charge in [-0.05, 0) is 44.6 Å². The number of para-hydroxylation sites is 1. The SMILES string of the molecule is COc1cccc(C2(C(=O)O)CCCCC2)c1OC1CCCC1. The largest absolute Gasteiger partial charge is 0.493 e. The molecule has 0 radical (unpaired) electrons. The van der Waals surface area contributed by atoms with Crippen LogP contribution in [0.15, 0.2) is 18.2 Å². The van der Waals surface area contributed by atoms with E-state index in [0.29, 0.717) is 24.3 Å². The Hall–Kier alpha value is -1.71. The summed E-state index contributed by atoms with van der Waals surface area (Å²) in [4.78, 5) is 12.2. The van der Waals surface area contributed by atoms with Gasteiger partial charge in [-0.3, -0.25) is 4.79 Å². The lowest BCUT2D eigenvalue weighted by molar-refractivity contribution is -0.145. The maximum atomic E-state index is 12.2. The highest BCUT2D eigenvalue weighted by molar-refractivity contribution is 5.83. The molecule has 126 valence electrons. The summed E-state index contributed by atoms with van der Waals surface area (Å²) in [7, 11) is 1.62. The van der Waals surface area contributed by atoms with Crippen molar-refractivity contribution >= 4 is 5.97 Å². The van der Waals surface area contributed by atoms with Crippen LogP contribution in [0.3, 0.4) is 0 Å². The summed E-state index contributed by atoms with van der Waals surface area (Å²) in [5.74, 6) is 0.577. The van der Waals surface area contributed by atoms with Crippen molar-refractivity contribution in [2.75, 3.05) is 7.11 Å². The molecule has 0 aliphatic heterocycles. The third-order valence-electron chi connectivity index (χ3n) is 5.42. The molecule has 2 aliphatic rings. The number of carboxylic acid groups (broad SMARTS) is 1. The van der Waals surface area contributed by atoms with Gasteiger partial charge in [-0.2, -0.15) is 0 Å². The van der Waals surface area contributed by atoms with Gasteiger partial charge in [0.15, 0.2) is 11.5 Å². The molecular weight excluding hydrogens is 292 g/mol. The average molecular weight is 318 g/mol. The van der Waals surface area contributed by atoms with E-state index in [0.717, 1.165) is 37.7 Å². The molecule has 0 atom stereocenters. The number of ether oxygens (including phenoxy) is 2. The number of aliphatic carboxylic acids is 1. The van der Waals surface area contributed by atoms with Crippen LogP contribution in [0, 0.1) is 0 Å². The number of carbonyl (C=O) groups is 1. The first kappa shape index (κ1) is 16.2. The van der Waals surface area contributed by atoms with Crippen LogP contribution in [0.1, 0.15) is 63.4 Å². The van der Waals surface area contributed by atoms with E-state index in [-0.39, 0.29) is 6.10 Å². The third-order valence-corrected chi connectivity index (χ3v) is 5.42. The molecule has 2 fully saturated rings. The molecule has 0 aromatic heterocycles. The fourth-order valence-corrected chi connectivity index (χ4v) is 4.10. The van der Waals surface area contributed by atoms with Gasteiger partial charge >= 0.3 is 5.97 Å². The number of hydrogen-bond acceptors (Lipinski definition) is 3. The molecule has 0 bridgehead atoms. The second-order valence-electron chi connectivity index (χ2n) is 6.81. The van der Waals surface area contributed by atoms with Crippen LogP contribution in [0.4, 0.5) is 0 Å². The van der Waals surface area contributed by atoms with Crippen LogP contribution >= 0.6 is 0 Å². The summed E-state index contributed by atoms with van der Waals surface area (Å²) >= 11 is 0. The van der Waals surface area contributed by atoms with Gasteiger partial charge in [0.05, 0.1) is 18.6 Å². The van der Waals surface area contributed by atoms with Crippen LogP contribution in [-0.2, 0) is 10.2 Å². The smallest absolute Gasteiger partial charge is 0.314 e. The number of benzene rings is 1. The predicted molar refractivity (Wildman–Crippen MR) is 88.3 cm³/mol. The number of rotatable bonds is 5. The maximum absolute atomic E-state index is 12.2. The fourth-order valence-electron chi connectivity index (χ4n) is 4.10. The summed E-state index contributed by atoms with van der Waals surface area (Å²) in [6.07, 6.45) is 8.98. The lowest BCUT2D eigenvalue weighted by Crippen LogP contribution is -2.38. The molecule has 23 heavy (non-hydrogen) atoms. The first-order valence-electron chi connectivity index (χ1n) is 8.75. The first-order chi connectivity index (χ1) is 11.2. The summed E-state index contributed by atoms with van der Waals surface area (Å²) in [6, 6.07) is 5.67. The summed E-state index contributed by atoms with van der Waals surface area (Å²) < 4.78 is 11.8. The fraction of sp³-hybridized carbons (Fsp3) is 0.632. The number of hydrogen-bond donors (Lipinski definition) is 1. The summed E-state index contributed by atoms with van der Waals surface area (Å²) in [6.45, 7) is 0. The highest BCUT2D eigenvalue weighted by Crippen LogP contribution is 2.47. The zero-order valence-corrected chi connectivity index (χ0v) is 13.8. The van der Waals surface area contributed by atoms with Crippen LogP contribution in [0.25, 0.3) is 0 Å². The highest BCUT2D eigenvalue weighted by Gasteiger charge is 2.44. The Balaban J connectivity index is 2.03. The molecule has 3 rings (SSSR count). The van der Waals surface area contributed by atoms with Crippen molar-refractivity contribution in [2.45, 2.75) is 69.3 Å². The lowest BCUT2D eigenvalue weighted by atomic mass is 9.69. The van der Waals surface area contributed by atoms with Gasteiger partial charge in [0, 0.05) is 5.56 Å². The second kappa shape index (κ2) is 6.81. The van der Waals surface area contributed by atoms with Crippen molar-refractivity contribution in [3.8, 4) is 11.5 Å². The Kier molecular flexibility index (Phi) is 4.79. The minimum atomic E-state index is -0.833. The van der Waals surface area contributed by atoms with Gasteiger partial charge in [-0.15, -0.1) is 0 Å². The van der Waals surface area contributed by atoms with Gasteiger partial charge in [-0.25, -0.2) is 0 Å². The molecule has 4 heteroatoms. The molecule has 2 aliphatic carbocycles. The Morgan fingerprint density at radius 3 is 2.43 bits per heavy atom. The quantitative estimate of drug-likeness (QED) is 0.879. The zero-order chi connectivity index (χ0) is 16.3. The molecule has 0 heterocycles. The van der Waals surface area contributed by atoms with E-state index in [4.69, 9.17) is 9.47 Å². The van der Waals surface area contributed by atoms with Crippen molar-refractivity contribution in [1.29, 1.82) is 0 Å². The molecule has 4 nitrogen and oxygen atoms in total. The van der Waals surface area contributed by atoms with E-state index in [1.165, 1.54) is 12.8 Å². The first-order valence-corrected chi connectivity index (χ1v) is 8.75. The average Bonchev–Trinajstić information content (AvgIpc) is 3.08. The molecule has 1 aromatic rings. The van der Waals surface area contributed by atoms with Gasteiger partial charge in [0.25, 0.3) is 0 Å². The van der Waals surface area contributed by atoms with Crippen molar-refractivity contribution in [3.05, 3.63) is 23.8 Å². The van der Waals surface area contributed by atoms with Crippen molar-refractivity contribution in [2.24, 2.45) is 0 Å². The van der Waals surface area contributed by atoms with Crippen LogP contribution in [-0.4, -0.2) is 24.3 Å². The van der Waals surface area contributed by atoms with E-state index in [1.54, 1.807) is 7.11 Å². The minimum absolute atomic E-state index is 0.180. The van der Waals surface area contributed by atoms with Crippen molar-refractivity contribution < 1.29 is 19.4 Å². The monoisotopic (exact) mass is 318 g/mol. The summed E-state index contributed by atoms with van der Waals surface area (Å²) in [5.41, 5.74) is -0.0308. The van der Waals surface area contributed by atoms with E-state index in [1.807, 2.05) is 18.2 Å². The van der Waals surface area contributed by atoms with E-state index < -0.39 is 11.4 Å². The van der Waals surface area contributed by atoms with Crippen molar-refractivity contribution in [1.82, 2.24) is 0 Å². The molecule has 1 N–H and O–H groups in total. The molecule has 0 unspecified atom stereocenters. The standard InChI is InChI=1S/C19H26O4/c1-22-16-11-7-10-15(17(16)23-14-8-3-4-9-14)19(18(20)21)12-5-2-6-13-19/h7,10-11,14H,2-6,8-9,12-13H2,1H3,(H,20,21). The Morgan fingerprint density at radius 2 is 1.83 bits per heavy atom. The van der Waals surface area contributed by atoms with Crippen LogP contribution in [0.2, 0.25) is 0 Å². The predicted octanol–water partition coefficient (Wildman–Crippen LogP) is 4.30. The van der Waals surface area contributed by atoms with Crippen molar-refractivity contribution in [3.63, 3.8) is 0 Å². The third kappa shape index (κ3) is 3.04. The van der Waals surface area contributed by atoms with Gasteiger partial charge < -0.3 is 14.6 Å². The molecule has 0 amide bonds. The second-order valence-corrected chi connectivity index (χ2v) is 6.81. The molecule has 0 spiro atoms. The Labute approximate surface area is 137 Å². The van der Waals surface area contributed by atoms with Crippen LogP contribution < -0.4 is 9.47 Å². The number of methoxy groups -OCH3 is 1. The maximum Gasteiger partial charge on any atom is 0.314 e. The van der Waals surface area contributed by atoms with Gasteiger partial charge in [-0.1, -0.05) is 31.4 Å². The topological polar surface area (TPSA) is 55.8 Å². The molecule has 1 aromatic carbocycles. The van der Waals surface area contributed by atoms with Gasteiger partial charge in [0.2, 0.25) is 0 Å². The normalized spacial score (nSPS) is 21.1. The zero-order valence-electron chi connectivity index (χ0n) is 13.8. The molecule has 0 saturated heterocycles. The lowest BCUT2D eigenvalue weighted by Gasteiger charge is -2.35. The Morgan fingerprint density at radius 1 is 1.13 bits per heavy atom. The van der Waals surface area contributed by atoms with E-state index in [2.05, 4.69) is 0 Å². The Bertz CT molecular complexity index is 554. The molecule has 2 saturated carbocycles.